The minimum atomic E-state index is -4.45. The lowest BCUT2D eigenvalue weighted by Gasteiger charge is -2.37. The summed E-state index contributed by atoms with van der Waals surface area (Å²) in [5.41, 5.74) is 7.22. The fraction of sp³-hybridized carbons (Fsp3) is 0.483. The zero-order valence-electron chi connectivity index (χ0n) is 45.2. The maximum Gasteiger partial charge on any atom is 0.357 e. The number of hydrogen-bond acceptors (Lipinski definition) is 7. The second-order valence-corrected chi connectivity index (χ2v) is 31.4. The summed E-state index contributed by atoms with van der Waals surface area (Å²) >= 11 is -0.0717. The van der Waals surface area contributed by atoms with E-state index in [2.05, 4.69) is 166 Å². The summed E-state index contributed by atoms with van der Waals surface area (Å²) in [7, 11) is -8.77. The van der Waals surface area contributed by atoms with Crippen molar-refractivity contribution in [1.82, 2.24) is 0 Å². The molecule has 5 aromatic carbocycles. The smallest absolute Gasteiger partial charge is 0.357 e. The lowest BCUT2D eigenvalue weighted by molar-refractivity contribution is -0.597. The van der Waals surface area contributed by atoms with E-state index >= 15 is 0 Å². The van der Waals surface area contributed by atoms with Crippen LogP contribution in [0.4, 0.5) is 0 Å². The molecule has 2 bridgehead atoms. The highest BCUT2D eigenvalue weighted by Gasteiger charge is 2.64. The lowest BCUT2D eigenvalue weighted by Crippen LogP contribution is -3.61. The van der Waals surface area contributed by atoms with Gasteiger partial charge in [-0.25, -0.2) is 16.8 Å². The van der Waals surface area contributed by atoms with Crippen LogP contribution in [0.2, 0.25) is 0 Å². The van der Waals surface area contributed by atoms with Gasteiger partial charge in [0.1, 0.15) is 15.9 Å². The summed E-state index contributed by atoms with van der Waals surface area (Å²) in [5, 5.41) is 0. The van der Waals surface area contributed by atoms with Gasteiger partial charge in [-0.2, -0.15) is 0 Å². The monoisotopic (exact) mass is 1230 g/mol. The SMILES string of the molecule is CC(C)c1cc(C(C)C)c(S(=O)(=O)[O-])c(C(C)C)c1.CC1(C)C2CCC1(CS(=O)(=O)[O-])C(=O)C2.CCC(C)(C)c1ccc([I+]c2ccc(C(C)(C)C)cc2)cc1.Cc1ccc([I+]c2ccc(C)cc2)cc1. The molecule has 0 spiro atoms. The van der Waals surface area contributed by atoms with Crippen molar-refractivity contribution in [2.24, 2.45) is 16.7 Å². The van der Waals surface area contributed by atoms with Gasteiger partial charge in [0.05, 0.1) is 20.8 Å². The van der Waals surface area contributed by atoms with Gasteiger partial charge in [-0.05, 0) is 149 Å². The Hall–Kier alpha value is -2.95. The first-order valence-electron chi connectivity index (χ1n) is 24.9. The van der Waals surface area contributed by atoms with E-state index in [4.69, 9.17) is 0 Å². The maximum absolute atomic E-state index is 11.8. The fourth-order valence-electron chi connectivity index (χ4n) is 9.21. The highest BCUT2D eigenvalue weighted by Crippen LogP contribution is 2.64. The molecule has 2 atom stereocenters. The molecule has 2 aliphatic carbocycles. The number of Topliss-reactive ketones (excluding diaryl/α,β-unsaturated/α-hetero) is 1. The fourth-order valence-corrected chi connectivity index (χ4v) is 16.0. The summed E-state index contributed by atoms with van der Waals surface area (Å²) in [5.74, 6) is 0.0423. The van der Waals surface area contributed by atoms with Crippen LogP contribution in [0.25, 0.3) is 0 Å². The molecular formula is C60H80I2O7S2. The van der Waals surface area contributed by atoms with Gasteiger partial charge in [0.15, 0.2) is 14.3 Å². The van der Waals surface area contributed by atoms with Crippen molar-refractivity contribution in [3.63, 3.8) is 0 Å². The standard InChI is InChI=1S/C21H28I.C15H24O3S.C14H14I.C10H16O4S/c1-7-21(5,6)17-10-14-19(15-11-17)22-18-12-8-16(9-13-18)20(2,3)4;1-9(2)12-7-13(10(3)4)15(19(16,17)18)14(8-12)11(5)6;1-11-3-7-13(8-4-11)15-14-9-5-12(2)6-10-14;1-9(2)7-3-4-10(9,8(11)5-7)6-15(12,13)14/h8-15H,7H2,1-6H3;7-11H,1-6H3,(H,16,17,18);3-10H,1-2H3;7H,3-6H2,1-2H3,(H,12,13,14)/q+1;;+1;/p-2. The Balaban J connectivity index is 0.000000208. The Bertz CT molecular complexity index is 2700. The van der Waals surface area contributed by atoms with Crippen molar-refractivity contribution in [1.29, 1.82) is 0 Å². The topological polar surface area (TPSA) is 131 Å². The summed E-state index contributed by atoms with van der Waals surface area (Å²) in [6, 6.07) is 40.1. The van der Waals surface area contributed by atoms with Crippen molar-refractivity contribution in [3.8, 4) is 0 Å². The van der Waals surface area contributed by atoms with E-state index in [0.29, 0.717) is 29.9 Å². The first-order chi connectivity index (χ1) is 32.7. The van der Waals surface area contributed by atoms with E-state index in [9.17, 15) is 30.7 Å². The molecule has 0 heterocycles. The van der Waals surface area contributed by atoms with Crippen molar-refractivity contribution >= 4 is 26.0 Å². The van der Waals surface area contributed by atoms with Crippen LogP contribution in [0.3, 0.4) is 0 Å². The van der Waals surface area contributed by atoms with E-state index in [-0.39, 0.29) is 87.1 Å². The molecular weight excluding hydrogens is 1150 g/mol. The van der Waals surface area contributed by atoms with Gasteiger partial charge < -0.3 is 9.11 Å². The second-order valence-electron chi connectivity index (χ2n) is 22.6. The van der Waals surface area contributed by atoms with Crippen LogP contribution in [0.15, 0.2) is 114 Å². The zero-order chi connectivity index (χ0) is 53.5. The van der Waals surface area contributed by atoms with Crippen molar-refractivity contribution in [2.75, 3.05) is 5.75 Å². The molecule has 388 valence electrons. The molecule has 11 heteroatoms. The van der Waals surface area contributed by atoms with Gasteiger partial charge in [0.2, 0.25) is 0 Å². The molecule has 2 aliphatic rings. The predicted octanol–water partition coefficient (Wildman–Crippen LogP) is 8.12. The van der Waals surface area contributed by atoms with Gasteiger partial charge in [0, 0.05) is 11.8 Å². The van der Waals surface area contributed by atoms with E-state index in [1.54, 1.807) is 0 Å². The van der Waals surface area contributed by atoms with Gasteiger partial charge in [-0.3, -0.25) is 4.79 Å². The van der Waals surface area contributed by atoms with Crippen molar-refractivity contribution in [2.45, 2.75) is 170 Å². The van der Waals surface area contributed by atoms with E-state index in [0.717, 1.165) is 12.0 Å². The van der Waals surface area contributed by atoms with Crippen LogP contribution in [-0.2, 0) is 35.9 Å². The van der Waals surface area contributed by atoms with Gasteiger partial charge >= 0.3 is 42.4 Å². The highest BCUT2D eigenvalue weighted by atomic mass is 127. The third-order valence-corrected chi connectivity index (χ3v) is 21.8. The number of ketones is 1. The summed E-state index contributed by atoms with van der Waals surface area (Å²) < 4.78 is 73.5. The summed E-state index contributed by atoms with van der Waals surface area (Å²) in [6.07, 6.45) is 3.05. The number of rotatable bonds is 12. The number of benzene rings is 5. The third-order valence-electron chi connectivity index (χ3n) is 14.6. The minimum Gasteiger partial charge on any atom is -0.748 e. The average molecular weight is 1230 g/mol. The zero-order valence-corrected chi connectivity index (χ0v) is 51.1. The van der Waals surface area contributed by atoms with Gasteiger partial charge in [-0.1, -0.05) is 169 Å². The van der Waals surface area contributed by atoms with E-state index in [1.165, 1.54) is 43.0 Å². The number of carbonyl (C=O) groups is 1. The number of fused-ring (bicyclic) bond motifs is 2. The molecule has 71 heavy (non-hydrogen) atoms. The molecule has 0 aliphatic heterocycles. The normalized spacial score (nSPS) is 17.6. The first kappa shape index (κ1) is 60.6. The van der Waals surface area contributed by atoms with Crippen molar-refractivity contribution < 1.29 is 73.1 Å². The molecule has 0 aromatic heterocycles. The quantitative estimate of drug-likeness (QED) is 0.0912. The van der Waals surface area contributed by atoms with Crippen LogP contribution in [0.1, 0.15) is 179 Å². The van der Waals surface area contributed by atoms with Gasteiger partial charge in [0.25, 0.3) is 0 Å². The Morgan fingerprint density at radius 2 is 1.00 bits per heavy atom. The largest absolute Gasteiger partial charge is 0.748 e. The minimum absolute atomic E-state index is 0.00313. The molecule has 7 nitrogen and oxygen atoms in total. The number of aryl methyl sites for hydroxylation is 2. The number of carbonyl (C=O) groups excluding carboxylic acids is 1. The van der Waals surface area contributed by atoms with Crippen LogP contribution in [-0.4, -0.2) is 37.5 Å². The molecule has 2 fully saturated rings. The summed E-state index contributed by atoms with van der Waals surface area (Å²) in [4.78, 5) is 11.8. The highest BCUT2D eigenvalue weighted by molar-refractivity contribution is 7.86. The molecule has 0 radical (unpaired) electrons. The molecule has 5 aromatic rings. The molecule has 2 saturated carbocycles. The second kappa shape index (κ2) is 24.6. The first-order valence-corrected chi connectivity index (χ1v) is 32.3. The van der Waals surface area contributed by atoms with Crippen molar-refractivity contribution in [3.05, 3.63) is 162 Å². The number of halogens is 2. The average Bonchev–Trinajstić information content (AvgIpc) is 3.62. The molecule has 0 N–H and O–H groups in total. The van der Waals surface area contributed by atoms with Crippen LogP contribution in [0, 0.1) is 44.9 Å². The predicted molar refractivity (Wildman–Crippen MR) is 282 cm³/mol. The van der Waals surface area contributed by atoms with E-state index in [1.807, 2.05) is 53.7 Å². The number of hydrogen-bond donors (Lipinski definition) is 0. The lowest BCUT2D eigenvalue weighted by atomic mass is 9.70. The Kier molecular flexibility index (Phi) is 21.0. The van der Waals surface area contributed by atoms with Gasteiger partial charge in [-0.15, -0.1) is 0 Å². The van der Waals surface area contributed by atoms with Crippen LogP contribution in [0.5, 0.6) is 0 Å². The molecule has 7 rings (SSSR count). The molecule has 0 saturated heterocycles. The summed E-state index contributed by atoms with van der Waals surface area (Å²) in [6.45, 7) is 33.6. The Labute approximate surface area is 450 Å². The van der Waals surface area contributed by atoms with Crippen LogP contribution >= 0.6 is 0 Å². The van der Waals surface area contributed by atoms with E-state index < -0.39 is 31.4 Å². The third kappa shape index (κ3) is 16.5. The molecule has 0 amide bonds. The Morgan fingerprint density at radius 3 is 1.28 bits per heavy atom. The molecule has 2 unspecified atom stereocenters. The Morgan fingerprint density at radius 1 is 0.620 bits per heavy atom. The van der Waals surface area contributed by atoms with Crippen LogP contribution < -0.4 is 42.4 Å². The maximum atomic E-state index is 11.8.